The first-order valence-electron chi connectivity index (χ1n) is 19.8. The molecule has 0 radical (unpaired) electrons. The third kappa shape index (κ3) is 11.8. The van der Waals surface area contributed by atoms with Gasteiger partial charge in [-0.25, -0.2) is 24.0 Å². The lowest BCUT2D eigenvalue weighted by Crippen LogP contribution is -2.22. The Morgan fingerprint density at radius 1 is 0.403 bits per heavy atom. The molecule has 6 rings (SSSR count). The summed E-state index contributed by atoms with van der Waals surface area (Å²) >= 11 is 0. The van der Waals surface area contributed by atoms with Gasteiger partial charge in [0.25, 0.3) is 0 Å². The van der Waals surface area contributed by atoms with Crippen LogP contribution in [0.5, 0.6) is 0 Å². The van der Waals surface area contributed by atoms with Gasteiger partial charge in [-0.3, -0.25) is 0 Å². The molecule has 0 heterocycles. The van der Waals surface area contributed by atoms with Gasteiger partial charge in [0.1, 0.15) is 32.5 Å². The minimum Gasteiger partial charge on any atom is -0.459 e. The van der Waals surface area contributed by atoms with Gasteiger partial charge in [0.05, 0.1) is 46.1 Å². The van der Waals surface area contributed by atoms with Gasteiger partial charge in [-0.1, -0.05) is 42.5 Å². The fourth-order valence-corrected chi connectivity index (χ4v) is 6.28. The second-order valence-corrected chi connectivity index (χ2v) is 15.0. The summed E-state index contributed by atoms with van der Waals surface area (Å²) in [7, 11) is 0. The molecule has 0 amide bonds. The van der Waals surface area contributed by atoms with E-state index in [2.05, 4.69) is 0 Å². The zero-order valence-corrected chi connectivity index (χ0v) is 34.4. The van der Waals surface area contributed by atoms with Crippen molar-refractivity contribution in [3.8, 4) is 0 Å². The van der Waals surface area contributed by atoms with E-state index in [9.17, 15) is 39.3 Å². The highest BCUT2D eigenvalue weighted by Crippen LogP contribution is 2.25. The Bertz CT molecular complexity index is 2620. The molecule has 14 nitrogen and oxygen atoms in total. The molecule has 322 valence electrons. The van der Waals surface area contributed by atoms with Crippen LogP contribution in [0.3, 0.4) is 0 Å². The molecule has 5 unspecified atom stereocenters. The van der Waals surface area contributed by atoms with Crippen LogP contribution in [0.4, 0.5) is 0 Å². The van der Waals surface area contributed by atoms with Crippen molar-refractivity contribution in [2.45, 2.75) is 58.4 Å². The minimum absolute atomic E-state index is 0.119. The second kappa shape index (κ2) is 20.2. The van der Waals surface area contributed by atoms with Crippen molar-refractivity contribution in [1.82, 2.24) is 0 Å². The average molecular weight is 847 g/mol. The molecule has 5 atom stereocenters. The number of carbonyl (C=O) groups is 5. The standard InChI is InChI=1S/C48H46O14/c1-27(49)23-57-43(51)36-13-7-33-18-37(14-8-32(33)17-36)45(53)59-25-29(3)61-47(55)40-16-10-34-19-38(15-9-35(34)20-40)46(54)60-26-30(4)62-48(56)41-12-6-31-5-11-39(21-42(31)22-41)44(52)58-24-28(2)50/h5-22,27-30,47,49-50,55H,23-26H2,1-4H3. The van der Waals surface area contributed by atoms with Crippen molar-refractivity contribution in [1.29, 1.82) is 0 Å². The van der Waals surface area contributed by atoms with Gasteiger partial charge in [-0.05, 0) is 127 Å². The molecule has 0 saturated heterocycles. The van der Waals surface area contributed by atoms with E-state index in [0.717, 1.165) is 5.39 Å². The number of ether oxygens (including phenoxy) is 6. The SMILES string of the molecule is CC(O)COC(=O)c1ccc2cc(C(=O)OCC(C)OC(O)c3ccc4cc(C(=O)OCC(C)OC(=O)c5ccc6ccc(C(=O)OCC(C)O)cc6c5)ccc4c3)ccc2c1. The van der Waals surface area contributed by atoms with Gasteiger partial charge in [0, 0.05) is 5.56 Å². The van der Waals surface area contributed by atoms with Gasteiger partial charge in [-0.15, -0.1) is 0 Å². The van der Waals surface area contributed by atoms with E-state index in [1.54, 1.807) is 123 Å². The summed E-state index contributed by atoms with van der Waals surface area (Å²) in [4.78, 5) is 63.3. The summed E-state index contributed by atoms with van der Waals surface area (Å²) in [5, 5.41) is 33.8. The van der Waals surface area contributed by atoms with Crippen LogP contribution in [0, 0.1) is 0 Å². The molecule has 6 aromatic rings. The van der Waals surface area contributed by atoms with Crippen molar-refractivity contribution in [3.05, 3.63) is 143 Å². The molecule has 14 heteroatoms. The van der Waals surface area contributed by atoms with E-state index in [-0.39, 0.29) is 48.7 Å². The lowest BCUT2D eigenvalue weighted by atomic mass is 10.0. The molecule has 0 aromatic heterocycles. The topological polar surface area (TPSA) is 201 Å². The van der Waals surface area contributed by atoms with Gasteiger partial charge in [-0.2, -0.15) is 0 Å². The third-order valence-electron chi connectivity index (χ3n) is 9.49. The second-order valence-electron chi connectivity index (χ2n) is 15.0. The van der Waals surface area contributed by atoms with Crippen LogP contribution < -0.4 is 0 Å². The van der Waals surface area contributed by atoms with Crippen LogP contribution in [0.2, 0.25) is 0 Å². The zero-order valence-electron chi connectivity index (χ0n) is 34.4. The van der Waals surface area contributed by atoms with E-state index in [0.29, 0.717) is 38.1 Å². The lowest BCUT2D eigenvalue weighted by molar-refractivity contribution is -0.145. The predicted octanol–water partition coefficient (Wildman–Crippen LogP) is 6.88. The Morgan fingerprint density at radius 2 is 0.742 bits per heavy atom. The smallest absolute Gasteiger partial charge is 0.338 e. The number of rotatable bonds is 17. The number of esters is 5. The summed E-state index contributed by atoms with van der Waals surface area (Å²) in [5.41, 5.74) is 1.80. The van der Waals surface area contributed by atoms with Gasteiger partial charge >= 0.3 is 29.8 Å². The lowest BCUT2D eigenvalue weighted by Gasteiger charge is -2.19. The molecule has 6 aromatic carbocycles. The first-order valence-corrected chi connectivity index (χ1v) is 19.8. The van der Waals surface area contributed by atoms with Gasteiger partial charge in [0.2, 0.25) is 0 Å². The number of hydrogen-bond donors (Lipinski definition) is 3. The Hall–Kier alpha value is -6.71. The molecular weight excluding hydrogens is 801 g/mol. The van der Waals surface area contributed by atoms with Crippen LogP contribution in [0.25, 0.3) is 32.3 Å². The molecule has 0 aliphatic heterocycles. The van der Waals surface area contributed by atoms with Crippen molar-refractivity contribution in [3.63, 3.8) is 0 Å². The number of fused-ring (bicyclic) bond motifs is 3. The van der Waals surface area contributed by atoms with E-state index in [1.807, 2.05) is 0 Å². The number of benzene rings is 6. The van der Waals surface area contributed by atoms with E-state index in [1.165, 1.54) is 13.8 Å². The van der Waals surface area contributed by atoms with Crippen LogP contribution in [-0.2, 0) is 28.4 Å². The van der Waals surface area contributed by atoms with E-state index >= 15 is 0 Å². The number of hydrogen-bond acceptors (Lipinski definition) is 14. The van der Waals surface area contributed by atoms with Crippen LogP contribution >= 0.6 is 0 Å². The Morgan fingerprint density at radius 3 is 1.18 bits per heavy atom. The monoisotopic (exact) mass is 846 g/mol. The molecule has 62 heavy (non-hydrogen) atoms. The normalized spacial score (nSPS) is 13.7. The predicted molar refractivity (Wildman–Crippen MR) is 227 cm³/mol. The maximum Gasteiger partial charge on any atom is 0.338 e. The number of aliphatic hydroxyl groups excluding tert-OH is 3. The third-order valence-corrected chi connectivity index (χ3v) is 9.49. The summed E-state index contributed by atoms with van der Waals surface area (Å²) < 4.78 is 32.3. The van der Waals surface area contributed by atoms with E-state index < -0.39 is 60.6 Å². The molecule has 0 saturated carbocycles. The molecule has 0 fully saturated rings. The summed E-state index contributed by atoms with van der Waals surface area (Å²) in [5.74, 6) is -3.03. The molecule has 0 spiro atoms. The highest BCUT2D eigenvalue weighted by Gasteiger charge is 2.20. The Labute approximate surface area is 356 Å². The highest BCUT2D eigenvalue weighted by atomic mass is 16.6. The fourth-order valence-electron chi connectivity index (χ4n) is 6.28. The van der Waals surface area contributed by atoms with Crippen LogP contribution in [0.1, 0.15) is 91.3 Å². The fraction of sp³-hybridized carbons (Fsp3) is 0.271. The molecule has 0 bridgehead atoms. The minimum atomic E-state index is -1.35. The Kier molecular flexibility index (Phi) is 14.6. The maximum absolute atomic E-state index is 13.0. The largest absolute Gasteiger partial charge is 0.459 e. The van der Waals surface area contributed by atoms with Crippen molar-refractivity contribution in [2.24, 2.45) is 0 Å². The van der Waals surface area contributed by atoms with Gasteiger partial charge in [0.15, 0.2) is 6.29 Å². The first-order chi connectivity index (χ1) is 29.6. The maximum atomic E-state index is 13.0. The molecule has 0 aliphatic rings. The summed E-state index contributed by atoms with van der Waals surface area (Å²) in [6.07, 6.45) is -4.39. The quantitative estimate of drug-likeness (QED) is 0.0487. The Balaban J connectivity index is 0.968. The highest BCUT2D eigenvalue weighted by molar-refractivity contribution is 6.00. The number of aliphatic hydroxyl groups is 3. The average Bonchev–Trinajstić information content (AvgIpc) is 3.26. The van der Waals surface area contributed by atoms with E-state index in [4.69, 9.17) is 28.4 Å². The first kappa shape index (κ1) is 44.8. The molecule has 0 aliphatic carbocycles. The molecular formula is C48H46O14. The van der Waals surface area contributed by atoms with Crippen LogP contribution in [-0.4, -0.2) is 96.0 Å². The van der Waals surface area contributed by atoms with Crippen molar-refractivity contribution >= 4 is 62.2 Å². The zero-order chi connectivity index (χ0) is 44.5. The summed E-state index contributed by atoms with van der Waals surface area (Å²) in [6, 6.07) is 29.6. The number of carbonyl (C=O) groups excluding carboxylic acids is 5. The van der Waals surface area contributed by atoms with Crippen molar-refractivity contribution < 1.29 is 67.7 Å². The van der Waals surface area contributed by atoms with Crippen molar-refractivity contribution in [2.75, 3.05) is 26.4 Å². The summed E-state index contributed by atoms with van der Waals surface area (Å²) in [6.45, 7) is 5.65. The van der Waals surface area contributed by atoms with Crippen LogP contribution in [0.15, 0.2) is 109 Å². The van der Waals surface area contributed by atoms with Gasteiger partial charge < -0.3 is 43.7 Å². The molecule has 3 N–H and O–H groups in total.